The van der Waals surface area contributed by atoms with Crippen LogP contribution in [-0.2, 0) is 0 Å². The van der Waals surface area contributed by atoms with Gasteiger partial charge in [0.1, 0.15) is 5.75 Å². The van der Waals surface area contributed by atoms with Crippen LogP contribution in [0.5, 0.6) is 5.75 Å². The summed E-state index contributed by atoms with van der Waals surface area (Å²) >= 11 is 8.50. The highest BCUT2D eigenvalue weighted by atomic mass is 79.9. The topological polar surface area (TPSA) is 50.4 Å². The Balaban J connectivity index is 2.00. The van der Waals surface area contributed by atoms with Gasteiger partial charge in [0.05, 0.1) is 11.6 Å². The number of rotatable bonds is 3. The molecule has 0 bridgehead atoms. The predicted molar refractivity (Wildman–Crippen MR) is 95.6 cm³/mol. The van der Waals surface area contributed by atoms with E-state index >= 15 is 0 Å². The summed E-state index contributed by atoms with van der Waals surface area (Å²) in [6.07, 6.45) is 0. The molecule has 2 N–H and O–H groups in total. The number of thiocarbonyl (C=S) groups is 1. The minimum Gasteiger partial charge on any atom is -0.496 e. The molecule has 6 heteroatoms. The van der Waals surface area contributed by atoms with E-state index in [1.54, 1.807) is 25.3 Å². The molecule has 114 valence electrons. The third kappa shape index (κ3) is 4.29. The van der Waals surface area contributed by atoms with E-state index in [9.17, 15) is 4.79 Å². The fourth-order valence-electron chi connectivity index (χ4n) is 1.78. The van der Waals surface area contributed by atoms with Gasteiger partial charge in [-0.1, -0.05) is 17.7 Å². The summed E-state index contributed by atoms with van der Waals surface area (Å²) < 4.78 is 5.84. The Bertz CT molecular complexity index is 702. The Kier molecular flexibility index (Phi) is 5.51. The quantitative estimate of drug-likeness (QED) is 0.795. The first kappa shape index (κ1) is 16.5. The molecule has 0 aliphatic rings. The standard InChI is InChI=1S/C16H15BrN2O2S/c1-10-3-6-12(7-4-10)18-16(22)19-15(20)11-5-8-14(21-2)13(17)9-11/h3-9H,1-2H3,(H2,18,19,20,22). The minimum atomic E-state index is -0.284. The molecule has 4 nitrogen and oxygen atoms in total. The molecule has 0 saturated carbocycles. The lowest BCUT2D eigenvalue weighted by molar-refractivity contribution is 0.0977. The van der Waals surface area contributed by atoms with Crippen molar-refractivity contribution >= 4 is 44.9 Å². The van der Waals surface area contributed by atoms with Crippen molar-refractivity contribution in [2.45, 2.75) is 6.92 Å². The summed E-state index contributed by atoms with van der Waals surface area (Å²) in [5.41, 5.74) is 2.47. The summed E-state index contributed by atoms with van der Waals surface area (Å²) in [7, 11) is 1.57. The lowest BCUT2D eigenvalue weighted by atomic mass is 10.2. The number of halogens is 1. The van der Waals surface area contributed by atoms with Crippen LogP contribution in [0.2, 0.25) is 0 Å². The molecule has 0 heterocycles. The Morgan fingerprint density at radius 1 is 1.18 bits per heavy atom. The fourth-order valence-corrected chi connectivity index (χ4v) is 2.53. The molecular formula is C16H15BrN2O2S. The van der Waals surface area contributed by atoms with Crippen LogP contribution in [0, 0.1) is 6.92 Å². The van der Waals surface area contributed by atoms with Crippen molar-refractivity contribution in [3.05, 3.63) is 58.1 Å². The van der Waals surface area contributed by atoms with Gasteiger partial charge in [-0.25, -0.2) is 0 Å². The lowest BCUT2D eigenvalue weighted by Gasteiger charge is -2.10. The maximum absolute atomic E-state index is 12.2. The second-order valence-corrected chi connectivity index (χ2v) is 5.89. The third-order valence-electron chi connectivity index (χ3n) is 2.95. The molecule has 2 aromatic rings. The van der Waals surface area contributed by atoms with Gasteiger partial charge in [0.15, 0.2) is 5.11 Å². The number of hydrogen-bond acceptors (Lipinski definition) is 3. The number of aryl methyl sites for hydroxylation is 1. The fraction of sp³-hybridized carbons (Fsp3) is 0.125. The van der Waals surface area contributed by atoms with E-state index in [0.717, 1.165) is 11.3 Å². The number of anilines is 1. The number of benzene rings is 2. The molecule has 0 unspecified atom stereocenters. The number of nitrogens with one attached hydrogen (secondary N) is 2. The third-order valence-corrected chi connectivity index (χ3v) is 3.77. The zero-order valence-corrected chi connectivity index (χ0v) is 14.5. The maximum Gasteiger partial charge on any atom is 0.257 e. The highest BCUT2D eigenvalue weighted by Crippen LogP contribution is 2.25. The van der Waals surface area contributed by atoms with E-state index in [4.69, 9.17) is 17.0 Å². The summed E-state index contributed by atoms with van der Waals surface area (Å²) in [5.74, 6) is 0.380. The zero-order chi connectivity index (χ0) is 16.1. The molecule has 0 saturated heterocycles. The summed E-state index contributed by atoms with van der Waals surface area (Å²) in [4.78, 5) is 12.2. The van der Waals surface area contributed by atoms with Crippen LogP contribution < -0.4 is 15.4 Å². The monoisotopic (exact) mass is 378 g/mol. The average Bonchev–Trinajstić information content (AvgIpc) is 2.49. The zero-order valence-electron chi connectivity index (χ0n) is 12.1. The van der Waals surface area contributed by atoms with Gasteiger partial charge in [0.25, 0.3) is 5.91 Å². The van der Waals surface area contributed by atoms with Crippen molar-refractivity contribution in [2.24, 2.45) is 0 Å². The number of methoxy groups -OCH3 is 1. The molecule has 0 aliphatic carbocycles. The molecule has 0 spiro atoms. The first-order valence-corrected chi connectivity index (χ1v) is 7.72. The summed E-state index contributed by atoms with van der Waals surface area (Å²) in [6.45, 7) is 2.01. The number of hydrogen-bond donors (Lipinski definition) is 2. The highest BCUT2D eigenvalue weighted by Gasteiger charge is 2.10. The van der Waals surface area contributed by atoms with Crippen LogP contribution in [0.25, 0.3) is 0 Å². The highest BCUT2D eigenvalue weighted by molar-refractivity contribution is 9.10. The molecule has 22 heavy (non-hydrogen) atoms. The van der Waals surface area contributed by atoms with Gasteiger partial charge < -0.3 is 10.1 Å². The smallest absolute Gasteiger partial charge is 0.257 e. The minimum absolute atomic E-state index is 0.251. The van der Waals surface area contributed by atoms with Crippen molar-refractivity contribution in [3.8, 4) is 5.75 Å². The Labute approximate surface area is 143 Å². The van der Waals surface area contributed by atoms with Crippen molar-refractivity contribution < 1.29 is 9.53 Å². The molecule has 0 aliphatic heterocycles. The predicted octanol–water partition coefficient (Wildman–Crippen LogP) is 3.89. The van der Waals surface area contributed by atoms with Crippen LogP contribution >= 0.6 is 28.1 Å². The van der Waals surface area contributed by atoms with Crippen molar-refractivity contribution in [2.75, 3.05) is 12.4 Å². The van der Waals surface area contributed by atoms with Gasteiger partial charge in [0.2, 0.25) is 0 Å². The first-order valence-electron chi connectivity index (χ1n) is 6.52. The second-order valence-electron chi connectivity index (χ2n) is 4.62. The maximum atomic E-state index is 12.2. The van der Waals surface area contributed by atoms with Crippen LogP contribution in [0.3, 0.4) is 0 Å². The summed E-state index contributed by atoms with van der Waals surface area (Å²) in [6, 6.07) is 12.8. The number of carbonyl (C=O) groups is 1. The first-order chi connectivity index (χ1) is 10.5. The van der Waals surface area contributed by atoms with Gasteiger partial charge in [-0.15, -0.1) is 0 Å². The van der Waals surface area contributed by atoms with Crippen LogP contribution in [0.4, 0.5) is 5.69 Å². The average molecular weight is 379 g/mol. The summed E-state index contributed by atoms with van der Waals surface area (Å²) in [5, 5.41) is 5.86. The molecular weight excluding hydrogens is 364 g/mol. The van der Waals surface area contributed by atoms with Gasteiger partial charge in [-0.05, 0) is 65.4 Å². The number of ether oxygens (including phenoxy) is 1. The molecule has 0 atom stereocenters. The van der Waals surface area contributed by atoms with E-state index in [2.05, 4.69) is 26.6 Å². The van der Waals surface area contributed by atoms with E-state index in [1.165, 1.54) is 0 Å². The van der Waals surface area contributed by atoms with Crippen molar-refractivity contribution in [3.63, 3.8) is 0 Å². The van der Waals surface area contributed by atoms with Gasteiger partial charge in [0, 0.05) is 11.3 Å². The molecule has 0 radical (unpaired) electrons. The van der Waals surface area contributed by atoms with E-state index in [-0.39, 0.29) is 11.0 Å². The van der Waals surface area contributed by atoms with Gasteiger partial charge in [-0.2, -0.15) is 0 Å². The van der Waals surface area contributed by atoms with Gasteiger partial charge >= 0.3 is 0 Å². The van der Waals surface area contributed by atoms with Crippen LogP contribution in [0.15, 0.2) is 46.9 Å². The Morgan fingerprint density at radius 3 is 2.45 bits per heavy atom. The molecule has 1 amide bonds. The normalized spacial score (nSPS) is 9.95. The Morgan fingerprint density at radius 2 is 1.86 bits per heavy atom. The van der Waals surface area contributed by atoms with Gasteiger partial charge in [-0.3, -0.25) is 10.1 Å². The largest absolute Gasteiger partial charge is 0.496 e. The molecule has 0 aromatic heterocycles. The molecule has 0 fully saturated rings. The Hall–Kier alpha value is -1.92. The van der Waals surface area contributed by atoms with E-state index in [0.29, 0.717) is 15.8 Å². The van der Waals surface area contributed by atoms with Crippen molar-refractivity contribution in [1.82, 2.24) is 5.32 Å². The number of carbonyl (C=O) groups excluding carboxylic acids is 1. The van der Waals surface area contributed by atoms with E-state index < -0.39 is 0 Å². The molecule has 2 rings (SSSR count). The van der Waals surface area contributed by atoms with Crippen LogP contribution in [-0.4, -0.2) is 18.1 Å². The second kappa shape index (κ2) is 7.38. The molecule has 2 aromatic carbocycles. The van der Waals surface area contributed by atoms with E-state index in [1.807, 2.05) is 31.2 Å². The van der Waals surface area contributed by atoms with Crippen molar-refractivity contribution in [1.29, 1.82) is 0 Å². The lowest BCUT2D eigenvalue weighted by Crippen LogP contribution is -2.34. The SMILES string of the molecule is COc1ccc(C(=O)NC(=S)Nc2ccc(C)cc2)cc1Br. The van der Waals surface area contributed by atoms with Crippen LogP contribution in [0.1, 0.15) is 15.9 Å². The number of amides is 1.